The summed E-state index contributed by atoms with van der Waals surface area (Å²) in [6.45, 7) is 2.22. The molecule has 1 saturated carbocycles. The molecule has 1 heterocycles. The Hall–Kier alpha value is -1.88. The van der Waals surface area contributed by atoms with Gasteiger partial charge in [0.1, 0.15) is 0 Å². The van der Waals surface area contributed by atoms with Gasteiger partial charge in [-0.1, -0.05) is 12.1 Å². The van der Waals surface area contributed by atoms with Gasteiger partial charge in [0.25, 0.3) is 5.91 Å². The Morgan fingerprint density at radius 1 is 1.50 bits per heavy atom. The summed E-state index contributed by atoms with van der Waals surface area (Å²) < 4.78 is 19.0. The van der Waals surface area contributed by atoms with Crippen molar-refractivity contribution in [2.24, 2.45) is 5.41 Å². The molecule has 0 radical (unpaired) electrons. The predicted octanol–water partition coefficient (Wildman–Crippen LogP) is 2.38. The standard InChI is InChI=1S/C15H16FNO3/c1-9-10-3-2-4-11(16)13(10)20-12(9)14(19)17-7-15(8-18)5-6-15/h2-4,18H,5-8H2,1H3,(H,17,19). The van der Waals surface area contributed by atoms with Crippen LogP contribution in [-0.4, -0.2) is 24.2 Å². The van der Waals surface area contributed by atoms with Crippen molar-refractivity contribution < 1.29 is 18.7 Å². The highest BCUT2D eigenvalue weighted by Gasteiger charge is 2.42. The first-order valence-corrected chi connectivity index (χ1v) is 6.63. The second-order valence-corrected chi connectivity index (χ2v) is 5.51. The van der Waals surface area contributed by atoms with E-state index in [0.29, 0.717) is 17.5 Å². The van der Waals surface area contributed by atoms with Crippen molar-refractivity contribution in [3.05, 3.63) is 35.3 Å². The van der Waals surface area contributed by atoms with E-state index in [4.69, 9.17) is 4.42 Å². The zero-order valence-electron chi connectivity index (χ0n) is 11.2. The lowest BCUT2D eigenvalue weighted by molar-refractivity contribution is 0.0908. The van der Waals surface area contributed by atoms with Gasteiger partial charge >= 0.3 is 0 Å². The van der Waals surface area contributed by atoms with E-state index in [1.54, 1.807) is 19.1 Å². The molecule has 1 aliphatic rings. The van der Waals surface area contributed by atoms with E-state index in [1.807, 2.05) is 0 Å². The predicted molar refractivity (Wildman–Crippen MR) is 72.0 cm³/mol. The molecule has 1 aromatic heterocycles. The molecule has 20 heavy (non-hydrogen) atoms. The topological polar surface area (TPSA) is 62.5 Å². The van der Waals surface area contributed by atoms with Crippen LogP contribution >= 0.6 is 0 Å². The summed E-state index contributed by atoms with van der Waals surface area (Å²) in [4.78, 5) is 12.1. The summed E-state index contributed by atoms with van der Waals surface area (Å²) in [6.07, 6.45) is 1.83. The van der Waals surface area contributed by atoms with Crippen LogP contribution in [0.3, 0.4) is 0 Å². The molecular formula is C15H16FNO3. The fourth-order valence-corrected chi connectivity index (χ4v) is 2.34. The van der Waals surface area contributed by atoms with Gasteiger partial charge in [-0.2, -0.15) is 0 Å². The largest absolute Gasteiger partial charge is 0.448 e. The summed E-state index contributed by atoms with van der Waals surface area (Å²) >= 11 is 0. The van der Waals surface area contributed by atoms with Gasteiger partial charge in [0.05, 0.1) is 6.61 Å². The van der Waals surface area contributed by atoms with Crippen molar-refractivity contribution in [3.63, 3.8) is 0 Å². The van der Waals surface area contributed by atoms with E-state index in [-0.39, 0.29) is 29.3 Å². The number of halogens is 1. The Morgan fingerprint density at radius 3 is 2.85 bits per heavy atom. The van der Waals surface area contributed by atoms with Crippen molar-refractivity contribution in [2.45, 2.75) is 19.8 Å². The Bertz CT molecular complexity index is 673. The molecule has 3 rings (SSSR count). The fraction of sp³-hybridized carbons (Fsp3) is 0.400. The van der Waals surface area contributed by atoms with E-state index in [9.17, 15) is 14.3 Å². The van der Waals surface area contributed by atoms with Gasteiger partial charge in [0, 0.05) is 22.9 Å². The number of nitrogens with one attached hydrogen (secondary N) is 1. The average Bonchev–Trinajstić information content (AvgIpc) is 3.16. The van der Waals surface area contributed by atoms with E-state index in [1.165, 1.54) is 6.07 Å². The fourth-order valence-electron chi connectivity index (χ4n) is 2.34. The minimum atomic E-state index is -0.473. The molecule has 1 amide bonds. The Balaban J connectivity index is 1.84. The maximum absolute atomic E-state index is 13.6. The van der Waals surface area contributed by atoms with Crippen molar-refractivity contribution in [1.29, 1.82) is 0 Å². The minimum absolute atomic E-state index is 0.0705. The molecule has 0 bridgehead atoms. The molecule has 106 valence electrons. The minimum Gasteiger partial charge on any atom is -0.448 e. The molecule has 0 aliphatic heterocycles. The van der Waals surface area contributed by atoms with Crippen LogP contribution in [0.1, 0.15) is 29.0 Å². The lowest BCUT2D eigenvalue weighted by atomic mass is 10.1. The van der Waals surface area contributed by atoms with E-state index in [2.05, 4.69) is 5.32 Å². The zero-order chi connectivity index (χ0) is 14.3. The summed E-state index contributed by atoms with van der Waals surface area (Å²) in [7, 11) is 0. The monoisotopic (exact) mass is 277 g/mol. The lowest BCUT2D eigenvalue weighted by Gasteiger charge is -2.11. The van der Waals surface area contributed by atoms with Gasteiger partial charge < -0.3 is 14.8 Å². The highest BCUT2D eigenvalue weighted by molar-refractivity contribution is 5.99. The molecule has 5 heteroatoms. The second kappa shape index (κ2) is 4.59. The highest BCUT2D eigenvalue weighted by Crippen LogP contribution is 2.44. The van der Waals surface area contributed by atoms with Gasteiger partial charge in [-0.3, -0.25) is 4.79 Å². The second-order valence-electron chi connectivity index (χ2n) is 5.51. The number of aliphatic hydroxyl groups excluding tert-OH is 1. The van der Waals surface area contributed by atoms with Crippen molar-refractivity contribution in [2.75, 3.05) is 13.2 Å². The molecule has 2 aromatic rings. The zero-order valence-corrected chi connectivity index (χ0v) is 11.2. The first-order valence-electron chi connectivity index (χ1n) is 6.63. The molecule has 0 atom stereocenters. The van der Waals surface area contributed by atoms with Crippen LogP contribution in [0, 0.1) is 18.2 Å². The lowest BCUT2D eigenvalue weighted by Crippen LogP contribution is -2.31. The number of rotatable bonds is 4. The smallest absolute Gasteiger partial charge is 0.287 e. The van der Waals surface area contributed by atoms with Gasteiger partial charge in [0.2, 0.25) is 0 Å². The van der Waals surface area contributed by atoms with Gasteiger partial charge in [-0.15, -0.1) is 0 Å². The molecule has 0 spiro atoms. The maximum Gasteiger partial charge on any atom is 0.287 e. The van der Waals surface area contributed by atoms with E-state index >= 15 is 0 Å². The normalized spacial score (nSPS) is 16.4. The average molecular weight is 277 g/mol. The number of furan rings is 1. The quantitative estimate of drug-likeness (QED) is 0.902. The number of amides is 1. The van der Waals surface area contributed by atoms with Crippen LogP contribution in [0.15, 0.2) is 22.6 Å². The van der Waals surface area contributed by atoms with Gasteiger partial charge in [-0.05, 0) is 25.8 Å². The number of para-hydroxylation sites is 1. The molecule has 1 aliphatic carbocycles. The first kappa shape index (κ1) is 13.1. The molecule has 0 saturated heterocycles. The number of carbonyl (C=O) groups excluding carboxylic acids is 1. The van der Waals surface area contributed by atoms with Crippen LogP contribution in [0.25, 0.3) is 11.0 Å². The van der Waals surface area contributed by atoms with Crippen LogP contribution in [-0.2, 0) is 0 Å². The Kier molecular flexibility index (Phi) is 3.01. The molecule has 1 fully saturated rings. The molecule has 0 unspecified atom stereocenters. The third kappa shape index (κ3) is 2.08. The van der Waals surface area contributed by atoms with Crippen LogP contribution < -0.4 is 5.32 Å². The van der Waals surface area contributed by atoms with Gasteiger partial charge in [0.15, 0.2) is 17.2 Å². The number of benzene rings is 1. The third-order valence-corrected chi connectivity index (χ3v) is 4.04. The van der Waals surface area contributed by atoms with Crippen molar-refractivity contribution >= 4 is 16.9 Å². The Morgan fingerprint density at radius 2 is 2.25 bits per heavy atom. The van der Waals surface area contributed by atoms with Crippen LogP contribution in [0.5, 0.6) is 0 Å². The highest BCUT2D eigenvalue weighted by atomic mass is 19.1. The van der Waals surface area contributed by atoms with Crippen molar-refractivity contribution in [1.82, 2.24) is 5.32 Å². The number of aliphatic hydroxyl groups is 1. The maximum atomic E-state index is 13.6. The number of hydrogen-bond acceptors (Lipinski definition) is 3. The summed E-state index contributed by atoms with van der Waals surface area (Å²) in [6, 6.07) is 4.62. The number of fused-ring (bicyclic) bond motifs is 1. The van der Waals surface area contributed by atoms with Gasteiger partial charge in [-0.25, -0.2) is 4.39 Å². The summed E-state index contributed by atoms with van der Waals surface area (Å²) in [5.74, 6) is -0.699. The molecule has 2 N–H and O–H groups in total. The molecule has 4 nitrogen and oxygen atoms in total. The molecular weight excluding hydrogens is 261 g/mol. The number of carbonyl (C=O) groups is 1. The molecule has 1 aromatic carbocycles. The van der Waals surface area contributed by atoms with Crippen LogP contribution in [0.2, 0.25) is 0 Å². The van der Waals surface area contributed by atoms with Crippen molar-refractivity contribution in [3.8, 4) is 0 Å². The number of aryl methyl sites for hydroxylation is 1. The van der Waals surface area contributed by atoms with Crippen LogP contribution in [0.4, 0.5) is 4.39 Å². The van der Waals surface area contributed by atoms with E-state index < -0.39 is 5.82 Å². The SMILES string of the molecule is Cc1c(C(=O)NCC2(CO)CC2)oc2c(F)cccc12. The van der Waals surface area contributed by atoms with E-state index in [0.717, 1.165) is 12.8 Å². The Labute approximate surface area is 115 Å². The summed E-state index contributed by atoms with van der Waals surface area (Å²) in [5.41, 5.74) is 0.574. The number of hydrogen-bond donors (Lipinski definition) is 2. The summed E-state index contributed by atoms with van der Waals surface area (Å²) in [5, 5.41) is 12.6. The first-order chi connectivity index (χ1) is 9.56. The third-order valence-electron chi connectivity index (χ3n) is 4.04.